The Hall–Kier alpha value is -2.15. The molecule has 7 heteroatoms. The minimum atomic E-state index is -1.07. The summed E-state index contributed by atoms with van der Waals surface area (Å²) < 4.78 is 2.03. The highest BCUT2D eigenvalue weighted by Gasteiger charge is 2.12. The highest BCUT2D eigenvalue weighted by molar-refractivity contribution is 9.10. The number of rotatable bonds is 4. The van der Waals surface area contributed by atoms with E-state index in [9.17, 15) is 9.59 Å². The molecule has 0 aromatic carbocycles. The van der Waals surface area contributed by atoms with Gasteiger partial charge in [-0.05, 0) is 34.1 Å². The molecule has 0 aliphatic heterocycles. The molecule has 19 heavy (non-hydrogen) atoms. The van der Waals surface area contributed by atoms with E-state index in [1.54, 1.807) is 30.7 Å². The summed E-state index contributed by atoms with van der Waals surface area (Å²) in [6.45, 7) is -0.0661. The van der Waals surface area contributed by atoms with Crippen LogP contribution in [0.15, 0.2) is 41.3 Å². The first-order valence-electron chi connectivity index (χ1n) is 5.35. The van der Waals surface area contributed by atoms with Crippen LogP contribution in [-0.4, -0.2) is 26.5 Å². The number of amides is 1. The molecule has 1 amide bonds. The van der Waals surface area contributed by atoms with Gasteiger partial charge >= 0.3 is 5.97 Å². The van der Waals surface area contributed by atoms with E-state index in [-0.39, 0.29) is 18.1 Å². The Morgan fingerprint density at radius 3 is 2.89 bits per heavy atom. The highest BCUT2D eigenvalue weighted by atomic mass is 79.9. The van der Waals surface area contributed by atoms with Crippen LogP contribution in [0.5, 0.6) is 0 Å². The lowest BCUT2D eigenvalue weighted by molar-refractivity contribution is -0.116. The Balaban J connectivity index is 2.08. The molecule has 6 nitrogen and oxygen atoms in total. The number of hydrogen-bond acceptors (Lipinski definition) is 3. The van der Waals surface area contributed by atoms with E-state index in [2.05, 4.69) is 26.2 Å². The topological polar surface area (TPSA) is 84.2 Å². The minimum absolute atomic E-state index is 0.0661. The van der Waals surface area contributed by atoms with Crippen molar-refractivity contribution in [3.05, 3.63) is 47.0 Å². The van der Waals surface area contributed by atoms with Crippen molar-refractivity contribution in [2.45, 2.75) is 6.54 Å². The first-order chi connectivity index (χ1) is 9.08. The molecule has 0 spiro atoms. The number of carbonyl (C=O) groups is 2. The van der Waals surface area contributed by atoms with Gasteiger partial charge in [0.15, 0.2) is 0 Å². The molecule has 98 valence electrons. The summed E-state index contributed by atoms with van der Waals surface area (Å²) >= 11 is 3.26. The van der Waals surface area contributed by atoms with E-state index in [0.717, 1.165) is 0 Å². The van der Waals surface area contributed by atoms with Crippen molar-refractivity contribution in [3.8, 4) is 0 Å². The van der Waals surface area contributed by atoms with Gasteiger partial charge in [0.2, 0.25) is 5.91 Å². The largest absolute Gasteiger partial charge is 0.477 e. The molecule has 2 aromatic rings. The van der Waals surface area contributed by atoms with Crippen molar-refractivity contribution in [2.24, 2.45) is 0 Å². The zero-order valence-corrected chi connectivity index (χ0v) is 11.3. The molecular formula is C12H10BrN3O3. The zero-order chi connectivity index (χ0) is 13.8. The molecule has 0 unspecified atom stereocenters. The Labute approximate surface area is 117 Å². The monoisotopic (exact) mass is 323 g/mol. The van der Waals surface area contributed by atoms with Gasteiger partial charge < -0.3 is 15.0 Å². The number of halogens is 1. The summed E-state index contributed by atoms with van der Waals surface area (Å²) in [6.07, 6.45) is 4.66. The summed E-state index contributed by atoms with van der Waals surface area (Å²) in [6, 6.07) is 4.67. The van der Waals surface area contributed by atoms with Crippen LogP contribution < -0.4 is 5.32 Å². The molecule has 2 aromatic heterocycles. The van der Waals surface area contributed by atoms with E-state index >= 15 is 0 Å². The Kier molecular flexibility index (Phi) is 3.96. The fourth-order valence-electron chi connectivity index (χ4n) is 1.57. The number of nitrogens with one attached hydrogen (secondary N) is 1. The van der Waals surface area contributed by atoms with Gasteiger partial charge in [0.05, 0.1) is 10.2 Å². The van der Waals surface area contributed by atoms with Crippen molar-refractivity contribution in [1.29, 1.82) is 0 Å². The van der Waals surface area contributed by atoms with E-state index in [4.69, 9.17) is 5.11 Å². The summed E-state index contributed by atoms with van der Waals surface area (Å²) in [5, 5.41) is 11.6. The molecule has 0 aliphatic carbocycles. The number of pyridine rings is 1. The SMILES string of the molecule is O=C(Cn1cccc1C(=O)O)Nc1ccncc1Br. The quantitative estimate of drug-likeness (QED) is 0.901. The third-order valence-corrected chi connectivity index (χ3v) is 3.04. The Morgan fingerprint density at radius 1 is 1.42 bits per heavy atom. The van der Waals surface area contributed by atoms with Crippen LogP contribution in [0.3, 0.4) is 0 Å². The molecular weight excluding hydrogens is 314 g/mol. The van der Waals surface area contributed by atoms with Gasteiger partial charge in [-0.3, -0.25) is 9.78 Å². The second kappa shape index (κ2) is 5.66. The predicted molar refractivity (Wildman–Crippen MR) is 72.0 cm³/mol. The maximum atomic E-state index is 11.8. The van der Waals surface area contributed by atoms with Crippen LogP contribution >= 0.6 is 15.9 Å². The minimum Gasteiger partial charge on any atom is -0.477 e. The van der Waals surface area contributed by atoms with E-state index in [0.29, 0.717) is 10.2 Å². The second-order valence-electron chi connectivity index (χ2n) is 3.73. The molecule has 0 fully saturated rings. The summed E-state index contributed by atoms with van der Waals surface area (Å²) in [4.78, 5) is 26.6. The number of anilines is 1. The lowest BCUT2D eigenvalue weighted by atomic mass is 10.4. The van der Waals surface area contributed by atoms with Gasteiger partial charge in [-0.25, -0.2) is 4.79 Å². The molecule has 2 N–H and O–H groups in total. The van der Waals surface area contributed by atoms with E-state index in [1.165, 1.54) is 10.6 Å². The average molecular weight is 324 g/mol. The van der Waals surface area contributed by atoms with Crippen molar-refractivity contribution >= 4 is 33.5 Å². The maximum Gasteiger partial charge on any atom is 0.352 e. The van der Waals surface area contributed by atoms with Crippen LogP contribution in [0.25, 0.3) is 0 Å². The fourth-order valence-corrected chi connectivity index (χ4v) is 1.92. The number of carbonyl (C=O) groups excluding carboxylic acids is 1. The highest BCUT2D eigenvalue weighted by Crippen LogP contribution is 2.19. The third kappa shape index (κ3) is 3.19. The van der Waals surface area contributed by atoms with Crippen LogP contribution in [0.4, 0.5) is 5.69 Å². The summed E-state index contributed by atoms with van der Waals surface area (Å²) in [5.41, 5.74) is 0.660. The Morgan fingerprint density at radius 2 is 2.21 bits per heavy atom. The number of nitrogens with zero attached hydrogens (tertiary/aromatic N) is 2. The zero-order valence-electron chi connectivity index (χ0n) is 9.71. The third-order valence-electron chi connectivity index (χ3n) is 2.41. The maximum absolute atomic E-state index is 11.8. The van der Waals surface area contributed by atoms with E-state index in [1.807, 2.05) is 0 Å². The molecule has 2 rings (SSSR count). The van der Waals surface area contributed by atoms with Crippen molar-refractivity contribution < 1.29 is 14.7 Å². The average Bonchev–Trinajstić information content (AvgIpc) is 2.80. The van der Waals surface area contributed by atoms with Crippen LogP contribution in [-0.2, 0) is 11.3 Å². The van der Waals surface area contributed by atoms with Crippen LogP contribution in [0, 0.1) is 0 Å². The molecule has 0 bridgehead atoms. The van der Waals surface area contributed by atoms with Gasteiger partial charge in [-0.1, -0.05) is 0 Å². The van der Waals surface area contributed by atoms with Crippen molar-refractivity contribution in [3.63, 3.8) is 0 Å². The van der Waals surface area contributed by atoms with Gasteiger partial charge in [-0.15, -0.1) is 0 Å². The standard InChI is InChI=1S/C12H10BrN3O3/c13-8-6-14-4-3-9(8)15-11(17)7-16-5-1-2-10(16)12(18)19/h1-6H,7H2,(H,18,19)(H,14,15,17). The molecule has 0 saturated heterocycles. The molecule has 0 atom stereocenters. The van der Waals surface area contributed by atoms with E-state index < -0.39 is 5.97 Å². The smallest absolute Gasteiger partial charge is 0.352 e. The van der Waals surface area contributed by atoms with Crippen LogP contribution in [0.2, 0.25) is 0 Å². The normalized spacial score (nSPS) is 10.2. The number of carboxylic acids is 1. The van der Waals surface area contributed by atoms with Gasteiger partial charge in [0.1, 0.15) is 12.2 Å². The number of aromatic carboxylic acids is 1. The van der Waals surface area contributed by atoms with Gasteiger partial charge in [0, 0.05) is 18.6 Å². The summed E-state index contributed by atoms with van der Waals surface area (Å²) in [5.74, 6) is -1.38. The second-order valence-corrected chi connectivity index (χ2v) is 4.58. The van der Waals surface area contributed by atoms with Crippen LogP contribution in [0.1, 0.15) is 10.5 Å². The lowest BCUT2D eigenvalue weighted by Crippen LogP contribution is -2.21. The molecule has 0 aliphatic rings. The Bertz CT molecular complexity index is 624. The first-order valence-corrected chi connectivity index (χ1v) is 6.15. The number of hydrogen-bond donors (Lipinski definition) is 2. The molecule has 0 saturated carbocycles. The fraction of sp³-hybridized carbons (Fsp3) is 0.0833. The number of aromatic nitrogens is 2. The summed E-state index contributed by atoms with van der Waals surface area (Å²) in [7, 11) is 0. The van der Waals surface area contributed by atoms with Crippen molar-refractivity contribution in [1.82, 2.24) is 9.55 Å². The van der Waals surface area contributed by atoms with Gasteiger partial charge in [0.25, 0.3) is 0 Å². The number of carboxylic acid groups (broad SMARTS) is 1. The molecule has 2 heterocycles. The predicted octanol–water partition coefficient (Wildman–Crippen LogP) is 1.98. The molecule has 0 radical (unpaired) electrons. The van der Waals surface area contributed by atoms with Crippen molar-refractivity contribution in [2.75, 3.05) is 5.32 Å². The first kappa shape index (κ1) is 13.3. The lowest BCUT2D eigenvalue weighted by Gasteiger charge is -2.08. The van der Waals surface area contributed by atoms with Gasteiger partial charge in [-0.2, -0.15) is 0 Å².